The molecule has 0 fully saturated rings. The average molecular weight is 423 g/mol. The molecule has 1 aromatic carbocycles. The second-order valence-electron chi connectivity index (χ2n) is 7.28. The van der Waals surface area contributed by atoms with Crippen molar-refractivity contribution >= 4 is 17.4 Å². The number of carbonyl (C=O) groups is 1. The average Bonchev–Trinajstić information content (AvgIpc) is 2.68. The molecule has 3 aromatic rings. The lowest BCUT2D eigenvalue weighted by Gasteiger charge is -2.18. The molecule has 0 atom stereocenters. The number of aromatic amines is 1. The van der Waals surface area contributed by atoms with Crippen LogP contribution < -0.4 is 11.2 Å². The van der Waals surface area contributed by atoms with Gasteiger partial charge in [0.15, 0.2) is 0 Å². The van der Waals surface area contributed by atoms with Crippen molar-refractivity contribution in [1.82, 2.24) is 14.5 Å². The van der Waals surface area contributed by atoms with Crippen molar-refractivity contribution in [2.75, 3.05) is 0 Å². The van der Waals surface area contributed by atoms with Gasteiger partial charge in [-0.25, -0.2) is 9.78 Å². The van der Waals surface area contributed by atoms with Crippen LogP contribution in [-0.4, -0.2) is 20.3 Å². The van der Waals surface area contributed by atoms with Crippen LogP contribution in [0.15, 0.2) is 46.1 Å². The maximum atomic E-state index is 13.5. The molecule has 30 heavy (non-hydrogen) atoms. The van der Waals surface area contributed by atoms with E-state index in [9.17, 15) is 19.6 Å². The predicted octanol–water partition coefficient (Wildman–Crippen LogP) is 3.17. The van der Waals surface area contributed by atoms with Gasteiger partial charge in [-0.2, -0.15) is 5.26 Å². The van der Waals surface area contributed by atoms with Crippen molar-refractivity contribution in [1.29, 1.82) is 5.26 Å². The summed E-state index contributed by atoms with van der Waals surface area (Å²) in [6.45, 7) is 5.34. The first-order valence-corrected chi connectivity index (χ1v) is 9.63. The first-order valence-electron chi connectivity index (χ1n) is 9.25. The zero-order chi connectivity index (χ0) is 22.0. The molecule has 0 aliphatic rings. The minimum absolute atomic E-state index is 0.00109. The lowest BCUT2D eigenvalue weighted by Crippen LogP contribution is -2.38. The number of rotatable bonds is 5. The molecule has 0 aliphatic heterocycles. The second-order valence-corrected chi connectivity index (χ2v) is 7.67. The Hall–Kier alpha value is -3.50. The Morgan fingerprint density at radius 2 is 2.00 bits per heavy atom. The molecule has 2 aromatic heterocycles. The van der Waals surface area contributed by atoms with Crippen LogP contribution in [0.5, 0.6) is 0 Å². The lowest BCUT2D eigenvalue weighted by atomic mass is 9.95. The molecule has 0 bridgehead atoms. The third-order valence-corrected chi connectivity index (χ3v) is 4.83. The molecule has 0 unspecified atom stereocenters. The Morgan fingerprint density at radius 1 is 1.27 bits per heavy atom. The number of hydrogen-bond acceptors (Lipinski definition) is 5. The van der Waals surface area contributed by atoms with Gasteiger partial charge < -0.3 is 0 Å². The molecule has 0 radical (unpaired) electrons. The van der Waals surface area contributed by atoms with E-state index < -0.39 is 17.0 Å². The Morgan fingerprint density at radius 3 is 2.63 bits per heavy atom. The van der Waals surface area contributed by atoms with Crippen LogP contribution in [0.2, 0.25) is 5.15 Å². The van der Waals surface area contributed by atoms with Crippen LogP contribution >= 0.6 is 11.6 Å². The minimum atomic E-state index is -0.700. The topological polar surface area (TPSA) is 109 Å². The van der Waals surface area contributed by atoms with Crippen molar-refractivity contribution in [2.24, 2.45) is 0 Å². The molecule has 8 heteroatoms. The van der Waals surface area contributed by atoms with E-state index >= 15 is 0 Å². The normalized spacial score (nSPS) is 10.8. The monoisotopic (exact) mass is 422 g/mol. The summed E-state index contributed by atoms with van der Waals surface area (Å²) in [5.41, 5.74) is 0.840. The van der Waals surface area contributed by atoms with E-state index in [1.807, 2.05) is 6.07 Å². The highest BCUT2D eigenvalue weighted by molar-refractivity contribution is 6.29. The van der Waals surface area contributed by atoms with Crippen molar-refractivity contribution in [3.8, 4) is 6.07 Å². The van der Waals surface area contributed by atoms with Crippen LogP contribution in [0.4, 0.5) is 0 Å². The molecule has 0 saturated carbocycles. The molecule has 2 heterocycles. The summed E-state index contributed by atoms with van der Waals surface area (Å²) in [4.78, 5) is 45.0. The van der Waals surface area contributed by atoms with Crippen LogP contribution in [0, 0.1) is 18.3 Å². The first-order chi connectivity index (χ1) is 14.2. The number of benzene rings is 1. The number of aromatic nitrogens is 3. The lowest BCUT2D eigenvalue weighted by molar-refractivity contribution is 0.102. The van der Waals surface area contributed by atoms with Gasteiger partial charge >= 0.3 is 5.69 Å². The van der Waals surface area contributed by atoms with Crippen molar-refractivity contribution in [2.45, 2.75) is 33.2 Å². The van der Waals surface area contributed by atoms with Crippen LogP contribution in [0.25, 0.3) is 0 Å². The van der Waals surface area contributed by atoms with Crippen molar-refractivity contribution in [3.63, 3.8) is 0 Å². The maximum Gasteiger partial charge on any atom is 0.329 e. The molecule has 152 valence electrons. The first kappa shape index (κ1) is 21.2. The fourth-order valence-corrected chi connectivity index (χ4v) is 3.55. The highest BCUT2D eigenvalue weighted by atomic mass is 35.5. The summed E-state index contributed by atoms with van der Waals surface area (Å²) in [6, 6.07) is 10.0. The van der Waals surface area contributed by atoms with Crippen LogP contribution in [-0.2, 0) is 6.54 Å². The molecule has 0 aliphatic carbocycles. The number of nitrogens with one attached hydrogen (secondary N) is 1. The standard InChI is InChI=1S/C22H19ClN4O3/c1-12(2)18-19(20(28)16-7-13(3)6-15(8-16)10-24)27(22(30)26-21(18)29)11-14-4-5-25-17(23)9-14/h4-9,12H,11H2,1-3H3,(H,26,29,30). The van der Waals surface area contributed by atoms with Gasteiger partial charge in [-0.05, 0) is 54.3 Å². The number of pyridine rings is 1. The van der Waals surface area contributed by atoms with E-state index in [4.69, 9.17) is 11.6 Å². The zero-order valence-corrected chi connectivity index (χ0v) is 17.4. The second kappa shape index (κ2) is 8.47. The van der Waals surface area contributed by atoms with Crippen LogP contribution in [0.3, 0.4) is 0 Å². The molecule has 3 rings (SSSR count). The van der Waals surface area contributed by atoms with Gasteiger partial charge in [-0.15, -0.1) is 0 Å². The van der Waals surface area contributed by atoms with Crippen molar-refractivity contribution < 1.29 is 4.79 Å². The van der Waals surface area contributed by atoms with Gasteiger partial charge in [-0.3, -0.25) is 19.1 Å². The number of nitriles is 1. The molecule has 1 N–H and O–H groups in total. The molecular weight excluding hydrogens is 404 g/mol. The van der Waals surface area contributed by atoms with Gasteiger partial charge in [0, 0.05) is 17.3 Å². The Bertz CT molecular complexity index is 1300. The quantitative estimate of drug-likeness (QED) is 0.501. The van der Waals surface area contributed by atoms with Gasteiger partial charge in [0.05, 0.1) is 18.2 Å². The third-order valence-electron chi connectivity index (χ3n) is 4.63. The highest BCUT2D eigenvalue weighted by Gasteiger charge is 2.25. The third kappa shape index (κ3) is 4.24. The molecule has 0 spiro atoms. The Balaban J connectivity index is 2.29. The predicted molar refractivity (Wildman–Crippen MR) is 113 cm³/mol. The minimum Gasteiger partial charge on any atom is -0.287 e. The fourth-order valence-electron chi connectivity index (χ4n) is 3.36. The number of nitrogens with zero attached hydrogens (tertiary/aromatic N) is 3. The number of halogens is 1. The van der Waals surface area contributed by atoms with Crippen molar-refractivity contribution in [3.05, 3.63) is 96.0 Å². The number of hydrogen-bond donors (Lipinski definition) is 1. The summed E-state index contributed by atoms with van der Waals surface area (Å²) in [5.74, 6) is -0.817. The number of carbonyl (C=O) groups excluding carboxylic acids is 1. The van der Waals surface area contributed by atoms with E-state index in [-0.39, 0.29) is 34.4 Å². The summed E-state index contributed by atoms with van der Waals surface area (Å²) in [7, 11) is 0. The summed E-state index contributed by atoms with van der Waals surface area (Å²) in [5, 5.41) is 9.50. The SMILES string of the molecule is Cc1cc(C#N)cc(C(=O)c2c(C(C)C)c(=O)[nH]c(=O)n2Cc2ccnc(Cl)c2)c1. The Kier molecular flexibility index (Phi) is 5.99. The molecular formula is C22H19ClN4O3. The summed E-state index contributed by atoms with van der Waals surface area (Å²) in [6.07, 6.45) is 1.50. The van der Waals surface area contributed by atoms with E-state index in [0.29, 0.717) is 11.1 Å². The van der Waals surface area contributed by atoms with E-state index in [1.165, 1.54) is 16.8 Å². The number of H-pyrrole nitrogens is 1. The van der Waals surface area contributed by atoms with Gasteiger partial charge in [-0.1, -0.05) is 25.4 Å². The van der Waals surface area contributed by atoms with Crippen LogP contribution in [0.1, 0.15) is 58.1 Å². The number of aryl methyl sites for hydroxylation is 1. The van der Waals surface area contributed by atoms with Gasteiger partial charge in [0.25, 0.3) is 5.56 Å². The summed E-state index contributed by atoms with van der Waals surface area (Å²) < 4.78 is 1.24. The molecule has 7 nitrogen and oxygen atoms in total. The van der Waals surface area contributed by atoms with E-state index in [2.05, 4.69) is 9.97 Å². The zero-order valence-electron chi connectivity index (χ0n) is 16.7. The van der Waals surface area contributed by atoms with Gasteiger partial charge in [0.1, 0.15) is 10.8 Å². The summed E-state index contributed by atoms with van der Waals surface area (Å²) >= 11 is 5.95. The Labute approximate surface area is 177 Å². The smallest absolute Gasteiger partial charge is 0.287 e. The fraction of sp³-hybridized carbons (Fsp3) is 0.227. The largest absolute Gasteiger partial charge is 0.329 e. The maximum absolute atomic E-state index is 13.5. The number of ketones is 1. The molecule has 0 amide bonds. The van der Waals surface area contributed by atoms with Gasteiger partial charge in [0.2, 0.25) is 5.78 Å². The van der Waals surface area contributed by atoms with E-state index in [0.717, 1.165) is 5.56 Å². The molecule has 0 saturated heterocycles. The van der Waals surface area contributed by atoms with E-state index in [1.54, 1.807) is 45.0 Å². The highest BCUT2D eigenvalue weighted by Crippen LogP contribution is 2.21.